The molecular weight excluding hydrogens is 280 g/mol. The first-order valence-corrected chi connectivity index (χ1v) is 6.73. The Morgan fingerprint density at radius 1 is 1.29 bits per heavy atom. The van der Waals surface area contributed by atoms with Crippen LogP contribution in [0.2, 0.25) is 0 Å². The van der Waals surface area contributed by atoms with Gasteiger partial charge in [0.1, 0.15) is 18.2 Å². The van der Waals surface area contributed by atoms with Gasteiger partial charge < -0.3 is 10.0 Å². The normalized spacial score (nSPS) is 10.7. The molecule has 4 nitrogen and oxygen atoms in total. The standard InChI is InChI=1S/C15H19F2NO3/c1-10(2)8-18(9-15(20)21)14(19)6-3-11-7-12(16)4-5-13(11)17/h4-5,7,10H,3,6,8-9H2,1-2H3,(H,20,21). The largest absolute Gasteiger partial charge is 0.480 e. The monoisotopic (exact) mass is 299 g/mol. The van der Waals surface area contributed by atoms with Crippen molar-refractivity contribution in [2.45, 2.75) is 26.7 Å². The molecule has 0 saturated heterocycles. The lowest BCUT2D eigenvalue weighted by molar-refractivity contribution is -0.144. The van der Waals surface area contributed by atoms with E-state index in [4.69, 9.17) is 5.11 Å². The number of benzene rings is 1. The number of carbonyl (C=O) groups is 2. The van der Waals surface area contributed by atoms with Crippen LogP contribution in [-0.4, -0.2) is 35.0 Å². The summed E-state index contributed by atoms with van der Waals surface area (Å²) in [6.45, 7) is 3.67. The Morgan fingerprint density at radius 3 is 2.52 bits per heavy atom. The molecule has 116 valence electrons. The summed E-state index contributed by atoms with van der Waals surface area (Å²) in [4.78, 5) is 24.0. The molecule has 1 aromatic carbocycles. The summed E-state index contributed by atoms with van der Waals surface area (Å²) in [5.74, 6) is -2.49. The molecule has 1 N–H and O–H groups in total. The van der Waals surface area contributed by atoms with E-state index in [-0.39, 0.29) is 36.8 Å². The molecule has 6 heteroatoms. The summed E-state index contributed by atoms with van der Waals surface area (Å²) < 4.78 is 26.5. The second-order valence-electron chi connectivity index (χ2n) is 5.30. The average molecular weight is 299 g/mol. The maximum atomic E-state index is 13.5. The maximum absolute atomic E-state index is 13.5. The number of aliphatic carboxylic acids is 1. The fraction of sp³-hybridized carbons (Fsp3) is 0.467. The first kappa shape index (κ1) is 17.1. The van der Waals surface area contributed by atoms with Crippen molar-refractivity contribution in [3.63, 3.8) is 0 Å². The Kier molecular flexibility index (Phi) is 6.27. The highest BCUT2D eigenvalue weighted by Gasteiger charge is 2.18. The van der Waals surface area contributed by atoms with Crippen molar-refractivity contribution in [1.29, 1.82) is 0 Å². The van der Waals surface area contributed by atoms with Crippen molar-refractivity contribution in [3.8, 4) is 0 Å². The average Bonchev–Trinajstić information content (AvgIpc) is 2.37. The number of amides is 1. The van der Waals surface area contributed by atoms with E-state index in [1.807, 2.05) is 13.8 Å². The van der Waals surface area contributed by atoms with Crippen molar-refractivity contribution in [2.75, 3.05) is 13.1 Å². The molecule has 0 spiro atoms. The lowest BCUT2D eigenvalue weighted by Gasteiger charge is -2.22. The molecule has 0 aromatic heterocycles. The summed E-state index contributed by atoms with van der Waals surface area (Å²) in [6.07, 6.45) is -0.0169. The van der Waals surface area contributed by atoms with Gasteiger partial charge in [-0.3, -0.25) is 9.59 Å². The summed E-state index contributed by atoms with van der Waals surface area (Å²) in [7, 11) is 0. The highest BCUT2D eigenvalue weighted by molar-refractivity contribution is 5.81. The van der Waals surface area contributed by atoms with Gasteiger partial charge >= 0.3 is 5.97 Å². The zero-order valence-corrected chi connectivity index (χ0v) is 12.1. The molecule has 0 aliphatic heterocycles. The first-order valence-electron chi connectivity index (χ1n) is 6.73. The molecule has 0 aliphatic rings. The van der Waals surface area contributed by atoms with E-state index in [0.717, 1.165) is 18.2 Å². The number of hydrogen-bond acceptors (Lipinski definition) is 2. The molecule has 21 heavy (non-hydrogen) atoms. The predicted octanol–water partition coefficient (Wildman–Crippen LogP) is 2.47. The van der Waals surface area contributed by atoms with Crippen LogP contribution in [-0.2, 0) is 16.0 Å². The Bertz CT molecular complexity index is 518. The SMILES string of the molecule is CC(C)CN(CC(=O)O)C(=O)CCc1cc(F)ccc1F. The fourth-order valence-corrected chi connectivity index (χ4v) is 1.99. The number of hydrogen-bond donors (Lipinski definition) is 1. The van der Waals surface area contributed by atoms with Crippen LogP contribution in [0.25, 0.3) is 0 Å². The summed E-state index contributed by atoms with van der Waals surface area (Å²) >= 11 is 0. The van der Waals surface area contributed by atoms with Gasteiger partial charge in [0.2, 0.25) is 5.91 Å². The van der Waals surface area contributed by atoms with Crippen LogP contribution in [0.4, 0.5) is 8.78 Å². The molecule has 0 saturated carbocycles. The molecule has 0 atom stereocenters. The number of halogens is 2. The second-order valence-corrected chi connectivity index (χ2v) is 5.30. The Balaban J connectivity index is 2.68. The van der Waals surface area contributed by atoms with Crippen LogP contribution in [0.1, 0.15) is 25.8 Å². The number of rotatable bonds is 7. The highest BCUT2D eigenvalue weighted by Crippen LogP contribution is 2.13. The Hall–Kier alpha value is -1.98. The minimum atomic E-state index is -1.10. The zero-order chi connectivity index (χ0) is 16.0. The molecular formula is C15H19F2NO3. The van der Waals surface area contributed by atoms with Gasteiger partial charge in [0.05, 0.1) is 0 Å². The smallest absolute Gasteiger partial charge is 0.323 e. The predicted molar refractivity (Wildman–Crippen MR) is 73.7 cm³/mol. The van der Waals surface area contributed by atoms with Crippen molar-refractivity contribution in [2.24, 2.45) is 5.92 Å². The molecule has 1 rings (SSSR count). The topological polar surface area (TPSA) is 57.6 Å². The lowest BCUT2D eigenvalue weighted by atomic mass is 10.1. The van der Waals surface area contributed by atoms with E-state index in [0.29, 0.717) is 6.54 Å². The number of carbonyl (C=O) groups excluding carboxylic acids is 1. The molecule has 0 unspecified atom stereocenters. The third-order valence-corrected chi connectivity index (χ3v) is 2.88. The van der Waals surface area contributed by atoms with Crippen molar-refractivity contribution >= 4 is 11.9 Å². The third-order valence-electron chi connectivity index (χ3n) is 2.88. The maximum Gasteiger partial charge on any atom is 0.323 e. The third kappa shape index (κ3) is 5.89. The van der Waals surface area contributed by atoms with Gasteiger partial charge in [0.15, 0.2) is 0 Å². The molecule has 1 amide bonds. The van der Waals surface area contributed by atoms with Gasteiger partial charge in [0, 0.05) is 13.0 Å². The van der Waals surface area contributed by atoms with Crippen molar-refractivity contribution in [1.82, 2.24) is 4.90 Å². The van der Waals surface area contributed by atoms with Crippen LogP contribution < -0.4 is 0 Å². The van der Waals surface area contributed by atoms with E-state index in [1.54, 1.807) is 0 Å². The van der Waals surface area contributed by atoms with Gasteiger partial charge in [-0.2, -0.15) is 0 Å². The van der Waals surface area contributed by atoms with E-state index >= 15 is 0 Å². The number of aryl methyl sites for hydroxylation is 1. The van der Waals surface area contributed by atoms with Gasteiger partial charge in [-0.15, -0.1) is 0 Å². The zero-order valence-electron chi connectivity index (χ0n) is 12.1. The van der Waals surface area contributed by atoms with Crippen LogP contribution >= 0.6 is 0 Å². The van der Waals surface area contributed by atoms with Crippen LogP contribution in [0.5, 0.6) is 0 Å². The number of nitrogens with zero attached hydrogens (tertiary/aromatic N) is 1. The van der Waals surface area contributed by atoms with E-state index < -0.39 is 17.6 Å². The molecule has 0 aliphatic carbocycles. The first-order chi connectivity index (χ1) is 9.79. The summed E-state index contributed by atoms with van der Waals surface area (Å²) in [6, 6.07) is 3.07. The van der Waals surface area contributed by atoms with Crippen molar-refractivity contribution in [3.05, 3.63) is 35.4 Å². The van der Waals surface area contributed by atoms with Crippen LogP contribution in [0.3, 0.4) is 0 Å². The number of carboxylic acid groups (broad SMARTS) is 1. The molecule has 0 bridgehead atoms. The van der Waals surface area contributed by atoms with Gasteiger partial charge in [-0.05, 0) is 36.1 Å². The molecule has 0 radical (unpaired) electrons. The molecule has 0 heterocycles. The minimum Gasteiger partial charge on any atom is -0.480 e. The van der Waals surface area contributed by atoms with Crippen molar-refractivity contribution < 1.29 is 23.5 Å². The van der Waals surface area contributed by atoms with Gasteiger partial charge in [-0.1, -0.05) is 13.8 Å². The summed E-state index contributed by atoms with van der Waals surface area (Å²) in [5.41, 5.74) is 0.114. The summed E-state index contributed by atoms with van der Waals surface area (Å²) in [5, 5.41) is 8.81. The minimum absolute atomic E-state index is 0.0383. The Morgan fingerprint density at radius 2 is 1.95 bits per heavy atom. The fourth-order valence-electron chi connectivity index (χ4n) is 1.99. The van der Waals surface area contributed by atoms with Crippen LogP contribution in [0, 0.1) is 17.6 Å². The van der Waals surface area contributed by atoms with Crippen LogP contribution in [0.15, 0.2) is 18.2 Å². The number of carboxylic acids is 1. The van der Waals surface area contributed by atoms with Gasteiger partial charge in [-0.25, -0.2) is 8.78 Å². The second kappa shape index (κ2) is 7.71. The quantitative estimate of drug-likeness (QED) is 0.841. The Labute approximate surface area is 122 Å². The van der Waals surface area contributed by atoms with Gasteiger partial charge in [0.25, 0.3) is 0 Å². The molecule has 1 aromatic rings. The highest BCUT2D eigenvalue weighted by atomic mass is 19.1. The molecule has 0 fully saturated rings. The van der Waals surface area contributed by atoms with E-state index in [2.05, 4.69) is 0 Å². The lowest BCUT2D eigenvalue weighted by Crippen LogP contribution is -2.38. The van der Waals surface area contributed by atoms with E-state index in [9.17, 15) is 18.4 Å². The van der Waals surface area contributed by atoms with E-state index in [1.165, 1.54) is 4.90 Å².